The molecule has 2 N–H and O–H groups in total. The number of hydrogen-bond acceptors (Lipinski definition) is 7. The van der Waals surface area contributed by atoms with Crippen molar-refractivity contribution in [2.45, 2.75) is 12.5 Å². The molecule has 0 aliphatic heterocycles. The van der Waals surface area contributed by atoms with Crippen LogP contribution in [-0.4, -0.2) is 55.7 Å². The van der Waals surface area contributed by atoms with Crippen LogP contribution < -0.4 is 14.8 Å². The van der Waals surface area contributed by atoms with E-state index in [0.717, 1.165) is 0 Å². The summed E-state index contributed by atoms with van der Waals surface area (Å²) in [6.45, 7) is 0.838. The van der Waals surface area contributed by atoms with Crippen LogP contribution in [0.15, 0.2) is 6.07 Å². The number of nitrogens with one attached hydrogen (secondary N) is 1. The van der Waals surface area contributed by atoms with Crippen molar-refractivity contribution in [3.63, 3.8) is 0 Å². The van der Waals surface area contributed by atoms with Crippen LogP contribution in [0, 0.1) is 0 Å². The molecular weight excluding hydrogens is 238 g/mol. The van der Waals surface area contributed by atoms with Gasteiger partial charge in [-0.3, -0.25) is 0 Å². The maximum Gasteiger partial charge on any atom is 0.229 e. The zero-order valence-corrected chi connectivity index (χ0v) is 10.8. The first-order valence-corrected chi connectivity index (χ1v) is 5.57. The van der Waals surface area contributed by atoms with E-state index >= 15 is 0 Å². The lowest BCUT2D eigenvalue weighted by Crippen LogP contribution is -2.19. The van der Waals surface area contributed by atoms with Crippen molar-refractivity contribution >= 4 is 5.95 Å². The van der Waals surface area contributed by atoms with Gasteiger partial charge in [0.15, 0.2) is 0 Å². The minimum Gasteiger partial charge on any atom is -0.481 e. The number of rotatable bonds is 8. The summed E-state index contributed by atoms with van der Waals surface area (Å²) in [5, 5.41) is 12.5. The smallest absolute Gasteiger partial charge is 0.229 e. The molecule has 7 heteroatoms. The van der Waals surface area contributed by atoms with E-state index in [1.54, 1.807) is 13.2 Å². The van der Waals surface area contributed by atoms with E-state index in [0.29, 0.717) is 37.3 Å². The van der Waals surface area contributed by atoms with E-state index in [-0.39, 0.29) is 0 Å². The number of aliphatic hydroxyl groups is 1. The zero-order chi connectivity index (χ0) is 13.4. The largest absolute Gasteiger partial charge is 0.481 e. The molecule has 0 saturated carbocycles. The minimum atomic E-state index is -0.505. The number of anilines is 1. The second-order valence-corrected chi connectivity index (χ2v) is 3.60. The first-order valence-electron chi connectivity index (χ1n) is 5.57. The SMILES string of the molecule is COCC(O)CCNc1nc(OC)cc(OC)n1. The molecule has 1 aromatic heterocycles. The van der Waals surface area contributed by atoms with Crippen LogP contribution in [0.5, 0.6) is 11.8 Å². The number of methoxy groups -OCH3 is 3. The van der Waals surface area contributed by atoms with Crippen molar-refractivity contribution in [1.29, 1.82) is 0 Å². The van der Waals surface area contributed by atoms with E-state index < -0.39 is 6.10 Å². The number of ether oxygens (including phenoxy) is 3. The standard InChI is InChI=1S/C11H19N3O4/c1-16-7-8(15)4-5-12-11-13-9(17-2)6-10(14-11)18-3/h6,8,15H,4-5,7H2,1-3H3,(H,12,13,14). The molecule has 0 spiro atoms. The summed E-state index contributed by atoms with van der Waals surface area (Å²) in [4.78, 5) is 8.21. The van der Waals surface area contributed by atoms with E-state index in [4.69, 9.17) is 14.2 Å². The Labute approximate surface area is 106 Å². The van der Waals surface area contributed by atoms with Crippen LogP contribution in [0.1, 0.15) is 6.42 Å². The Balaban J connectivity index is 2.50. The first kappa shape index (κ1) is 14.5. The molecule has 0 amide bonds. The lowest BCUT2D eigenvalue weighted by Gasteiger charge is -2.11. The molecule has 1 aromatic rings. The van der Waals surface area contributed by atoms with Gasteiger partial charge in [-0.05, 0) is 6.42 Å². The Hall–Kier alpha value is -1.60. The number of aromatic nitrogens is 2. The molecule has 1 unspecified atom stereocenters. The summed E-state index contributed by atoms with van der Waals surface area (Å²) in [5.74, 6) is 1.24. The second kappa shape index (κ2) is 7.67. The van der Waals surface area contributed by atoms with Crippen LogP contribution in [0.2, 0.25) is 0 Å². The second-order valence-electron chi connectivity index (χ2n) is 3.60. The molecule has 0 saturated heterocycles. The van der Waals surface area contributed by atoms with Gasteiger partial charge >= 0.3 is 0 Å². The number of aliphatic hydroxyl groups excluding tert-OH is 1. The molecule has 1 atom stereocenters. The normalized spacial score (nSPS) is 12.0. The lowest BCUT2D eigenvalue weighted by molar-refractivity contribution is 0.0615. The fraction of sp³-hybridized carbons (Fsp3) is 0.636. The van der Waals surface area contributed by atoms with Gasteiger partial charge in [-0.2, -0.15) is 9.97 Å². The third-order valence-corrected chi connectivity index (χ3v) is 2.22. The summed E-state index contributed by atoms with van der Waals surface area (Å²) >= 11 is 0. The van der Waals surface area contributed by atoms with Crippen LogP contribution in [-0.2, 0) is 4.74 Å². The first-order chi connectivity index (χ1) is 8.69. The average molecular weight is 257 g/mol. The van der Waals surface area contributed by atoms with Gasteiger partial charge in [-0.1, -0.05) is 0 Å². The Morgan fingerprint density at radius 3 is 2.33 bits per heavy atom. The molecule has 1 rings (SSSR count). The van der Waals surface area contributed by atoms with Gasteiger partial charge in [0.25, 0.3) is 0 Å². The van der Waals surface area contributed by atoms with Crippen LogP contribution in [0.25, 0.3) is 0 Å². The van der Waals surface area contributed by atoms with Crippen molar-refractivity contribution in [2.75, 3.05) is 39.8 Å². The lowest BCUT2D eigenvalue weighted by atomic mass is 10.3. The molecule has 1 heterocycles. The highest BCUT2D eigenvalue weighted by Crippen LogP contribution is 2.17. The molecule has 0 aromatic carbocycles. The van der Waals surface area contributed by atoms with E-state index in [2.05, 4.69) is 15.3 Å². The predicted octanol–water partition coefficient (Wildman–Crippen LogP) is 0.303. The van der Waals surface area contributed by atoms with Crippen molar-refractivity contribution in [1.82, 2.24) is 9.97 Å². The minimum absolute atomic E-state index is 0.309. The topological polar surface area (TPSA) is 85.7 Å². The third-order valence-electron chi connectivity index (χ3n) is 2.22. The zero-order valence-electron chi connectivity index (χ0n) is 10.8. The van der Waals surface area contributed by atoms with Crippen molar-refractivity contribution in [3.05, 3.63) is 6.07 Å². The van der Waals surface area contributed by atoms with E-state index in [1.165, 1.54) is 14.2 Å². The van der Waals surface area contributed by atoms with Crippen LogP contribution in [0.4, 0.5) is 5.95 Å². The van der Waals surface area contributed by atoms with Crippen LogP contribution in [0.3, 0.4) is 0 Å². The molecule has 0 aliphatic carbocycles. The summed E-state index contributed by atoms with van der Waals surface area (Å²) in [6.07, 6.45) is 0.0338. The monoisotopic (exact) mass is 257 g/mol. The highest BCUT2D eigenvalue weighted by Gasteiger charge is 2.06. The van der Waals surface area contributed by atoms with Crippen molar-refractivity contribution < 1.29 is 19.3 Å². The molecule has 18 heavy (non-hydrogen) atoms. The molecule has 7 nitrogen and oxygen atoms in total. The summed E-state index contributed by atoms with van der Waals surface area (Å²) < 4.78 is 14.9. The van der Waals surface area contributed by atoms with Gasteiger partial charge in [-0.25, -0.2) is 0 Å². The Bertz CT molecular complexity index is 340. The van der Waals surface area contributed by atoms with Crippen LogP contribution >= 0.6 is 0 Å². The Kier molecular flexibility index (Phi) is 6.16. The summed E-state index contributed by atoms with van der Waals surface area (Å²) in [5.41, 5.74) is 0. The van der Waals surface area contributed by atoms with Gasteiger partial charge in [0.1, 0.15) is 0 Å². The average Bonchev–Trinajstić information content (AvgIpc) is 2.38. The number of hydrogen-bond donors (Lipinski definition) is 2. The molecule has 0 bridgehead atoms. The molecule has 0 aliphatic rings. The van der Waals surface area contributed by atoms with Gasteiger partial charge in [0.05, 0.1) is 33.0 Å². The van der Waals surface area contributed by atoms with E-state index in [9.17, 15) is 5.11 Å². The van der Waals surface area contributed by atoms with Crippen molar-refractivity contribution in [2.24, 2.45) is 0 Å². The van der Waals surface area contributed by atoms with Crippen molar-refractivity contribution in [3.8, 4) is 11.8 Å². The molecule has 0 fully saturated rings. The Morgan fingerprint density at radius 1 is 1.22 bits per heavy atom. The highest BCUT2D eigenvalue weighted by molar-refractivity contribution is 5.33. The van der Waals surface area contributed by atoms with Gasteiger partial charge in [0.2, 0.25) is 17.7 Å². The fourth-order valence-corrected chi connectivity index (χ4v) is 1.32. The molecule has 0 radical (unpaired) electrons. The maximum absolute atomic E-state index is 9.47. The molecule has 102 valence electrons. The summed E-state index contributed by atoms with van der Waals surface area (Å²) in [6, 6.07) is 1.59. The van der Waals surface area contributed by atoms with Gasteiger partial charge in [0, 0.05) is 13.7 Å². The quantitative estimate of drug-likeness (QED) is 0.692. The molecular formula is C11H19N3O4. The van der Waals surface area contributed by atoms with Gasteiger partial charge < -0.3 is 24.6 Å². The highest BCUT2D eigenvalue weighted by atomic mass is 16.5. The maximum atomic E-state index is 9.47. The third kappa shape index (κ3) is 4.72. The summed E-state index contributed by atoms with van der Waals surface area (Å²) in [7, 11) is 4.59. The van der Waals surface area contributed by atoms with Gasteiger partial charge in [-0.15, -0.1) is 0 Å². The predicted molar refractivity (Wildman–Crippen MR) is 66.1 cm³/mol. The fourth-order valence-electron chi connectivity index (χ4n) is 1.32. The Morgan fingerprint density at radius 2 is 1.83 bits per heavy atom. The van der Waals surface area contributed by atoms with E-state index in [1.807, 2.05) is 0 Å². The number of nitrogens with zero attached hydrogens (tertiary/aromatic N) is 2.